The number of nitrogens with zero attached hydrogens (tertiary/aromatic N) is 2. The second kappa shape index (κ2) is 9.25. The Labute approximate surface area is 180 Å². The molecule has 1 aromatic heterocycles. The highest BCUT2D eigenvalue weighted by Gasteiger charge is 2.28. The summed E-state index contributed by atoms with van der Waals surface area (Å²) in [5.74, 6) is 0.0784. The summed E-state index contributed by atoms with van der Waals surface area (Å²) in [6, 6.07) is 8.89. The number of aryl methyl sites for hydroxylation is 1. The maximum atomic E-state index is 13.5. The Hall–Kier alpha value is -2.27. The van der Waals surface area contributed by atoms with E-state index in [9.17, 15) is 4.79 Å². The molecule has 0 spiro atoms. The molecule has 1 saturated heterocycles. The van der Waals surface area contributed by atoms with Gasteiger partial charge in [-0.05, 0) is 39.2 Å². The normalized spacial score (nSPS) is 17.9. The van der Waals surface area contributed by atoms with E-state index in [1.165, 1.54) is 41.8 Å². The van der Waals surface area contributed by atoms with Gasteiger partial charge in [-0.2, -0.15) is 0 Å². The van der Waals surface area contributed by atoms with Gasteiger partial charge >= 0.3 is 0 Å². The van der Waals surface area contributed by atoms with E-state index in [0.29, 0.717) is 12.6 Å². The van der Waals surface area contributed by atoms with Gasteiger partial charge in [0.05, 0.1) is 18.9 Å². The van der Waals surface area contributed by atoms with E-state index in [2.05, 4.69) is 59.8 Å². The van der Waals surface area contributed by atoms with E-state index in [1.807, 2.05) is 0 Å². The number of aromatic nitrogens is 1. The van der Waals surface area contributed by atoms with Crippen LogP contribution in [0.2, 0.25) is 0 Å². The van der Waals surface area contributed by atoms with Crippen molar-refractivity contribution in [2.45, 2.75) is 65.5 Å². The predicted octanol–water partition coefficient (Wildman–Crippen LogP) is 4.36. The third kappa shape index (κ3) is 4.41. The molecule has 1 amide bonds. The number of carbonyl (C=O) groups excluding carboxylic acids is 1. The van der Waals surface area contributed by atoms with Gasteiger partial charge < -0.3 is 19.5 Å². The SMILES string of the molecule is Cc1cccc(Cn2c(C)c(N3CCOCC3)c(C)c2C(=O)NC2CCCCC2)c1. The molecule has 2 fully saturated rings. The van der Waals surface area contributed by atoms with Crippen molar-refractivity contribution in [3.63, 3.8) is 0 Å². The average molecular weight is 410 g/mol. The number of hydrogen-bond donors (Lipinski definition) is 1. The quantitative estimate of drug-likeness (QED) is 0.798. The van der Waals surface area contributed by atoms with Gasteiger partial charge in [0.15, 0.2) is 0 Å². The molecular formula is C25H35N3O2. The lowest BCUT2D eigenvalue weighted by molar-refractivity contribution is 0.0918. The van der Waals surface area contributed by atoms with Gasteiger partial charge in [-0.25, -0.2) is 0 Å². The lowest BCUT2D eigenvalue weighted by Crippen LogP contribution is -2.38. The summed E-state index contributed by atoms with van der Waals surface area (Å²) in [5, 5.41) is 3.35. The summed E-state index contributed by atoms with van der Waals surface area (Å²) >= 11 is 0. The minimum Gasteiger partial charge on any atom is -0.378 e. The number of carbonyl (C=O) groups is 1. The topological polar surface area (TPSA) is 46.5 Å². The molecule has 1 aromatic carbocycles. The average Bonchev–Trinajstić information content (AvgIpc) is 2.99. The van der Waals surface area contributed by atoms with Gasteiger partial charge in [0.2, 0.25) is 0 Å². The summed E-state index contributed by atoms with van der Waals surface area (Å²) in [4.78, 5) is 15.9. The molecule has 1 N–H and O–H groups in total. The van der Waals surface area contributed by atoms with E-state index in [1.54, 1.807) is 0 Å². The molecule has 2 aromatic rings. The Morgan fingerprint density at radius 2 is 1.83 bits per heavy atom. The third-order valence-corrected chi connectivity index (χ3v) is 6.63. The number of nitrogens with one attached hydrogen (secondary N) is 1. The number of ether oxygens (including phenoxy) is 1. The van der Waals surface area contributed by atoms with Crippen LogP contribution in [0.4, 0.5) is 5.69 Å². The van der Waals surface area contributed by atoms with E-state index in [4.69, 9.17) is 4.74 Å². The van der Waals surface area contributed by atoms with E-state index >= 15 is 0 Å². The first-order valence-electron chi connectivity index (χ1n) is 11.4. The van der Waals surface area contributed by atoms with Crippen molar-refractivity contribution in [2.75, 3.05) is 31.2 Å². The molecule has 5 heteroatoms. The summed E-state index contributed by atoms with van der Waals surface area (Å²) in [6.45, 7) is 10.3. The maximum absolute atomic E-state index is 13.5. The lowest BCUT2D eigenvalue weighted by atomic mass is 9.95. The van der Waals surface area contributed by atoms with Crippen molar-refractivity contribution >= 4 is 11.6 Å². The molecule has 1 aliphatic heterocycles. The number of hydrogen-bond acceptors (Lipinski definition) is 3. The monoisotopic (exact) mass is 409 g/mol. The van der Waals surface area contributed by atoms with Crippen molar-refractivity contribution in [3.8, 4) is 0 Å². The van der Waals surface area contributed by atoms with Gasteiger partial charge in [0.1, 0.15) is 5.69 Å². The van der Waals surface area contributed by atoms with E-state index < -0.39 is 0 Å². The molecule has 0 atom stereocenters. The van der Waals surface area contributed by atoms with Crippen LogP contribution in [0.25, 0.3) is 0 Å². The molecule has 30 heavy (non-hydrogen) atoms. The number of anilines is 1. The number of benzene rings is 1. The van der Waals surface area contributed by atoms with Crippen LogP contribution in [-0.4, -0.2) is 42.8 Å². The Kier molecular flexibility index (Phi) is 6.47. The molecule has 0 bridgehead atoms. The second-order valence-electron chi connectivity index (χ2n) is 8.89. The minimum atomic E-state index is 0.0784. The van der Waals surface area contributed by atoms with Crippen LogP contribution in [0, 0.1) is 20.8 Å². The smallest absolute Gasteiger partial charge is 0.268 e. The van der Waals surface area contributed by atoms with Crippen LogP contribution in [0.5, 0.6) is 0 Å². The second-order valence-corrected chi connectivity index (χ2v) is 8.89. The Bertz CT molecular complexity index is 890. The maximum Gasteiger partial charge on any atom is 0.268 e. The van der Waals surface area contributed by atoms with Gasteiger partial charge in [-0.15, -0.1) is 0 Å². The highest BCUT2D eigenvalue weighted by molar-refractivity contribution is 5.97. The van der Waals surface area contributed by atoms with Crippen molar-refractivity contribution in [1.29, 1.82) is 0 Å². The third-order valence-electron chi connectivity index (χ3n) is 6.63. The fourth-order valence-corrected chi connectivity index (χ4v) is 5.12. The molecule has 2 heterocycles. The van der Waals surface area contributed by atoms with Crippen LogP contribution in [0.15, 0.2) is 24.3 Å². The molecule has 0 radical (unpaired) electrons. The van der Waals surface area contributed by atoms with Crippen LogP contribution >= 0.6 is 0 Å². The molecule has 1 aliphatic carbocycles. The zero-order valence-electron chi connectivity index (χ0n) is 18.7. The number of rotatable bonds is 5. The molecule has 162 valence electrons. The fraction of sp³-hybridized carbons (Fsp3) is 0.560. The summed E-state index contributed by atoms with van der Waals surface area (Å²) in [7, 11) is 0. The molecule has 4 rings (SSSR count). The number of amides is 1. The Morgan fingerprint density at radius 3 is 2.53 bits per heavy atom. The standard InChI is InChI=1S/C25H35N3O2/c1-18-8-7-9-21(16-18)17-28-20(3)23(27-12-14-30-15-13-27)19(2)24(28)25(29)26-22-10-5-4-6-11-22/h7-9,16,22H,4-6,10-15,17H2,1-3H3,(H,26,29). The molecule has 5 nitrogen and oxygen atoms in total. The van der Waals surface area contributed by atoms with E-state index in [0.717, 1.165) is 50.4 Å². The minimum absolute atomic E-state index is 0.0784. The van der Waals surface area contributed by atoms with Crippen LogP contribution in [0.1, 0.15) is 65.0 Å². The van der Waals surface area contributed by atoms with Crippen LogP contribution in [-0.2, 0) is 11.3 Å². The first-order chi connectivity index (χ1) is 14.5. The summed E-state index contributed by atoms with van der Waals surface area (Å²) in [5.41, 5.74) is 6.77. The first-order valence-corrected chi connectivity index (χ1v) is 11.4. The zero-order valence-corrected chi connectivity index (χ0v) is 18.7. The van der Waals surface area contributed by atoms with Crippen molar-refractivity contribution in [1.82, 2.24) is 9.88 Å². The highest BCUT2D eigenvalue weighted by Crippen LogP contribution is 2.32. The molecule has 2 aliphatic rings. The lowest BCUT2D eigenvalue weighted by Gasteiger charge is -2.29. The first kappa shape index (κ1) is 21.0. The highest BCUT2D eigenvalue weighted by atomic mass is 16.5. The van der Waals surface area contributed by atoms with Crippen molar-refractivity contribution in [2.24, 2.45) is 0 Å². The van der Waals surface area contributed by atoms with E-state index in [-0.39, 0.29) is 5.91 Å². The van der Waals surface area contributed by atoms with Gasteiger partial charge in [0, 0.05) is 36.9 Å². The van der Waals surface area contributed by atoms with Gasteiger partial charge in [0.25, 0.3) is 5.91 Å². The van der Waals surface area contributed by atoms with Gasteiger partial charge in [-0.1, -0.05) is 49.1 Å². The van der Waals surface area contributed by atoms with Crippen molar-refractivity contribution in [3.05, 3.63) is 52.3 Å². The summed E-state index contributed by atoms with van der Waals surface area (Å²) in [6.07, 6.45) is 5.91. The largest absolute Gasteiger partial charge is 0.378 e. The molecule has 1 saturated carbocycles. The summed E-state index contributed by atoms with van der Waals surface area (Å²) < 4.78 is 7.80. The van der Waals surface area contributed by atoms with Crippen LogP contribution < -0.4 is 10.2 Å². The van der Waals surface area contributed by atoms with Crippen LogP contribution in [0.3, 0.4) is 0 Å². The zero-order chi connectivity index (χ0) is 21.1. The Morgan fingerprint density at radius 1 is 1.10 bits per heavy atom. The van der Waals surface area contributed by atoms with Crippen molar-refractivity contribution < 1.29 is 9.53 Å². The fourth-order valence-electron chi connectivity index (χ4n) is 5.12. The molecular weight excluding hydrogens is 374 g/mol. The predicted molar refractivity (Wildman–Crippen MR) is 122 cm³/mol. The number of morpholine rings is 1. The Balaban J connectivity index is 1.70. The molecule has 0 unspecified atom stereocenters. The van der Waals surface area contributed by atoms with Gasteiger partial charge in [-0.3, -0.25) is 4.79 Å².